The smallest absolute Gasteiger partial charge is 0.173 e. The Kier molecular flexibility index (Phi) is 4.78. The first kappa shape index (κ1) is 15.4. The third-order valence-corrected chi connectivity index (χ3v) is 4.33. The lowest BCUT2D eigenvalue weighted by atomic mass is 10.1. The quantitative estimate of drug-likeness (QED) is 0.510. The van der Waals surface area contributed by atoms with Gasteiger partial charge in [0, 0.05) is 23.6 Å². The molecule has 23 heavy (non-hydrogen) atoms. The van der Waals surface area contributed by atoms with E-state index < -0.39 is 0 Å². The first-order valence-corrected chi connectivity index (χ1v) is 8.15. The summed E-state index contributed by atoms with van der Waals surface area (Å²) < 4.78 is 7.13. The van der Waals surface area contributed by atoms with Crippen molar-refractivity contribution < 1.29 is 9.53 Å². The van der Waals surface area contributed by atoms with Crippen LogP contribution in [0.2, 0.25) is 0 Å². The minimum atomic E-state index is 0.0523. The van der Waals surface area contributed by atoms with Gasteiger partial charge in [-0.2, -0.15) is 0 Å². The molecule has 0 aliphatic rings. The van der Waals surface area contributed by atoms with Gasteiger partial charge in [-0.3, -0.25) is 9.36 Å². The van der Waals surface area contributed by atoms with Crippen molar-refractivity contribution in [1.29, 1.82) is 0 Å². The molecule has 0 unspecified atom stereocenters. The van der Waals surface area contributed by atoms with Gasteiger partial charge in [0.15, 0.2) is 10.9 Å². The van der Waals surface area contributed by atoms with Crippen molar-refractivity contribution in [1.82, 2.24) is 9.55 Å². The van der Waals surface area contributed by atoms with Crippen LogP contribution in [0.1, 0.15) is 10.4 Å². The summed E-state index contributed by atoms with van der Waals surface area (Å²) in [6.45, 7) is 0. The summed E-state index contributed by atoms with van der Waals surface area (Å²) in [4.78, 5) is 16.7. The molecular weight excluding hydrogens is 308 g/mol. The average Bonchev–Trinajstić information content (AvgIpc) is 3.09. The number of hydrogen-bond acceptors (Lipinski definition) is 4. The molecule has 3 rings (SSSR count). The third-order valence-electron chi connectivity index (χ3n) is 3.37. The second kappa shape index (κ2) is 7.15. The molecule has 0 fully saturated rings. The van der Waals surface area contributed by atoms with Gasteiger partial charge in [-0.15, -0.1) is 0 Å². The lowest BCUT2D eigenvalue weighted by Crippen LogP contribution is -2.04. The van der Waals surface area contributed by atoms with Crippen molar-refractivity contribution in [3.05, 3.63) is 72.6 Å². The number of carbonyl (C=O) groups excluding carboxylic acids is 1. The molecule has 0 atom stereocenters. The molecule has 3 aromatic rings. The predicted molar refractivity (Wildman–Crippen MR) is 91.6 cm³/mol. The van der Waals surface area contributed by atoms with Gasteiger partial charge in [-0.25, -0.2) is 4.98 Å². The summed E-state index contributed by atoms with van der Waals surface area (Å²) >= 11 is 1.43. The third kappa shape index (κ3) is 3.63. The zero-order valence-corrected chi connectivity index (χ0v) is 13.5. The average molecular weight is 324 g/mol. The summed E-state index contributed by atoms with van der Waals surface area (Å²) in [7, 11) is 1.59. The number of Topliss-reactive ketones (excluding diaryl/α,β-unsaturated/α-hetero) is 1. The number of aromatic nitrogens is 2. The zero-order chi connectivity index (χ0) is 16.1. The number of carbonyl (C=O) groups is 1. The summed E-state index contributed by atoms with van der Waals surface area (Å²) in [5.41, 5.74) is 1.68. The van der Waals surface area contributed by atoms with Crippen molar-refractivity contribution in [3.8, 4) is 11.4 Å². The maximum Gasteiger partial charge on any atom is 0.173 e. The van der Waals surface area contributed by atoms with E-state index in [1.807, 2.05) is 53.2 Å². The Hall–Kier alpha value is -2.53. The number of para-hydroxylation sites is 1. The molecule has 0 spiro atoms. The van der Waals surface area contributed by atoms with Crippen LogP contribution in [0.3, 0.4) is 0 Å². The van der Waals surface area contributed by atoms with Crippen LogP contribution in [-0.2, 0) is 0 Å². The van der Waals surface area contributed by atoms with E-state index in [1.165, 1.54) is 11.8 Å². The Morgan fingerprint density at radius 3 is 2.78 bits per heavy atom. The number of methoxy groups -OCH3 is 1. The highest BCUT2D eigenvalue weighted by molar-refractivity contribution is 7.99. The Morgan fingerprint density at radius 2 is 2.00 bits per heavy atom. The van der Waals surface area contributed by atoms with Crippen LogP contribution in [0.25, 0.3) is 5.69 Å². The van der Waals surface area contributed by atoms with Gasteiger partial charge < -0.3 is 4.74 Å². The highest BCUT2D eigenvalue weighted by Crippen LogP contribution is 2.22. The lowest BCUT2D eigenvalue weighted by molar-refractivity contribution is 0.102. The van der Waals surface area contributed by atoms with Gasteiger partial charge in [0.1, 0.15) is 5.75 Å². The zero-order valence-electron chi connectivity index (χ0n) is 12.7. The molecule has 5 heteroatoms. The van der Waals surface area contributed by atoms with Gasteiger partial charge >= 0.3 is 0 Å². The topological polar surface area (TPSA) is 44.1 Å². The molecular formula is C18H16N2O2S. The lowest BCUT2D eigenvalue weighted by Gasteiger charge is -2.07. The van der Waals surface area contributed by atoms with Crippen LogP contribution in [-0.4, -0.2) is 28.2 Å². The molecule has 1 heterocycles. The van der Waals surface area contributed by atoms with E-state index in [-0.39, 0.29) is 5.78 Å². The Bertz CT molecular complexity index is 800. The van der Waals surface area contributed by atoms with Crippen molar-refractivity contribution >= 4 is 17.5 Å². The summed E-state index contributed by atoms with van der Waals surface area (Å²) in [5.74, 6) is 1.07. The van der Waals surface area contributed by atoms with Crippen LogP contribution >= 0.6 is 11.8 Å². The van der Waals surface area contributed by atoms with Crippen LogP contribution in [0.5, 0.6) is 5.75 Å². The van der Waals surface area contributed by atoms with E-state index in [9.17, 15) is 4.79 Å². The minimum Gasteiger partial charge on any atom is -0.497 e. The normalized spacial score (nSPS) is 10.5. The van der Waals surface area contributed by atoms with E-state index >= 15 is 0 Å². The van der Waals surface area contributed by atoms with Crippen LogP contribution in [0.4, 0.5) is 0 Å². The monoisotopic (exact) mass is 324 g/mol. The van der Waals surface area contributed by atoms with Crippen molar-refractivity contribution in [2.24, 2.45) is 0 Å². The van der Waals surface area contributed by atoms with E-state index in [0.717, 1.165) is 10.8 Å². The summed E-state index contributed by atoms with van der Waals surface area (Å²) in [6, 6.07) is 17.1. The van der Waals surface area contributed by atoms with Crippen LogP contribution in [0, 0.1) is 0 Å². The number of imidazole rings is 1. The largest absolute Gasteiger partial charge is 0.497 e. The summed E-state index contributed by atoms with van der Waals surface area (Å²) in [6.07, 6.45) is 3.64. The molecule has 0 N–H and O–H groups in total. The fourth-order valence-corrected chi connectivity index (χ4v) is 3.06. The molecule has 1 aromatic heterocycles. The van der Waals surface area contributed by atoms with Crippen LogP contribution < -0.4 is 4.74 Å². The maximum absolute atomic E-state index is 12.3. The first-order valence-electron chi connectivity index (χ1n) is 7.17. The Balaban J connectivity index is 1.72. The number of ketones is 1. The number of ether oxygens (including phenoxy) is 1. The molecule has 2 aromatic carbocycles. The van der Waals surface area contributed by atoms with Gasteiger partial charge in [0.05, 0.1) is 12.9 Å². The highest BCUT2D eigenvalue weighted by atomic mass is 32.2. The molecule has 0 bridgehead atoms. The molecule has 4 nitrogen and oxygen atoms in total. The van der Waals surface area contributed by atoms with Gasteiger partial charge in [0.25, 0.3) is 0 Å². The number of thioether (sulfide) groups is 1. The molecule has 0 saturated heterocycles. The van der Waals surface area contributed by atoms with E-state index in [2.05, 4.69) is 4.98 Å². The minimum absolute atomic E-state index is 0.0523. The molecule has 116 valence electrons. The number of nitrogens with zero attached hydrogens (tertiary/aromatic N) is 2. The highest BCUT2D eigenvalue weighted by Gasteiger charge is 2.11. The number of benzene rings is 2. The Morgan fingerprint density at radius 1 is 1.17 bits per heavy atom. The SMILES string of the molecule is COc1cccc(C(=O)CSc2nccn2-c2ccccc2)c1. The van der Waals surface area contributed by atoms with Gasteiger partial charge in [0.2, 0.25) is 0 Å². The van der Waals surface area contributed by atoms with Crippen molar-refractivity contribution in [2.45, 2.75) is 5.16 Å². The molecule has 0 aliphatic heterocycles. The van der Waals surface area contributed by atoms with Gasteiger partial charge in [-0.05, 0) is 24.3 Å². The van der Waals surface area contributed by atoms with Gasteiger partial charge in [-0.1, -0.05) is 42.1 Å². The van der Waals surface area contributed by atoms with E-state index in [0.29, 0.717) is 17.1 Å². The number of hydrogen-bond donors (Lipinski definition) is 0. The fourth-order valence-electron chi connectivity index (χ4n) is 2.19. The van der Waals surface area contributed by atoms with E-state index in [4.69, 9.17) is 4.74 Å². The first-order chi connectivity index (χ1) is 11.3. The predicted octanol–water partition coefficient (Wildman–Crippen LogP) is 3.86. The fraction of sp³-hybridized carbons (Fsp3) is 0.111. The van der Waals surface area contributed by atoms with Crippen molar-refractivity contribution in [2.75, 3.05) is 12.9 Å². The molecule has 0 amide bonds. The van der Waals surface area contributed by atoms with Crippen molar-refractivity contribution in [3.63, 3.8) is 0 Å². The number of rotatable bonds is 6. The second-order valence-corrected chi connectivity index (χ2v) is 5.80. The Labute approximate surface area is 139 Å². The maximum atomic E-state index is 12.3. The molecule has 0 saturated carbocycles. The molecule has 0 aliphatic carbocycles. The molecule has 0 radical (unpaired) electrons. The van der Waals surface area contributed by atoms with Crippen LogP contribution in [0.15, 0.2) is 72.1 Å². The summed E-state index contributed by atoms with van der Waals surface area (Å²) in [5, 5.41) is 0.799. The van der Waals surface area contributed by atoms with E-state index in [1.54, 1.807) is 25.4 Å². The standard InChI is InChI=1S/C18H16N2O2S/c1-22-16-9-5-6-14(12-16)17(21)13-23-18-19-10-11-20(18)15-7-3-2-4-8-15/h2-12H,13H2,1H3. The second-order valence-electron chi connectivity index (χ2n) is 4.86.